The molecular weight excluding hydrogens is 294 g/mol. The largest absolute Gasteiger partial charge is 0.443 e. The first-order chi connectivity index (χ1) is 8.28. The summed E-state index contributed by atoms with van der Waals surface area (Å²) in [6.07, 6.45) is 1.39. The van der Waals surface area contributed by atoms with E-state index in [0.29, 0.717) is 0 Å². The van der Waals surface area contributed by atoms with Crippen LogP contribution >= 0.6 is 15.9 Å². The van der Waals surface area contributed by atoms with Crippen molar-refractivity contribution in [1.29, 1.82) is 0 Å². The lowest BCUT2D eigenvalue weighted by molar-refractivity contribution is 0.0544. The van der Waals surface area contributed by atoms with Gasteiger partial charge in [-0.25, -0.2) is 4.79 Å². The molecule has 0 fully saturated rings. The maximum atomic E-state index is 12.1. The van der Waals surface area contributed by atoms with Crippen molar-refractivity contribution in [3.63, 3.8) is 0 Å². The lowest BCUT2D eigenvalue weighted by atomic mass is 10.2. The predicted octanol–water partition coefficient (Wildman–Crippen LogP) is 4.50. The zero-order valence-corrected chi connectivity index (χ0v) is 12.5. The SMILES string of the molecule is Cc1ccc2c(Br)cn(C(=O)OC(C)(C)C)c2c1. The maximum absolute atomic E-state index is 12.1. The molecule has 96 valence electrons. The van der Waals surface area contributed by atoms with E-state index in [4.69, 9.17) is 4.74 Å². The van der Waals surface area contributed by atoms with Crippen LogP contribution in [0.3, 0.4) is 0 Å². The van der Waals surface area contributed by atoms with Crippen molar-refractivity contribution in [2.45, 2.75) is 33.3 Å². The van der Waals surface area contributed by atoms with Gasteiger partial charge in [0.05, 0.1) is 5.52 Å². The van der Waals surface area contributed by atoms with Gasteiger partial charge in [-0.05, 0) is 55.3 Å². The molecule has 0 amide bonds. The van der Waals surface area contributed by atoms with Crippen molar-refractivity contribution in [2.75, 3.05) is 0 Å². The summed E-state index contributed by atoms with van der Waals surface area (Å²) in [5.74, 6) is 0. The number of halogens is 1. The first-order valence-corrected chi connectivity index (χ1v) is 6.58. The Labute approximate surface area is 115 Å². The first kappa shape index (κ1) is 13.1. The van der Waals surface area contributed by atoms with Crippen LogP contribution in [-0.4, -0.2) is 16.3 Å². The van der Waals surface area contributed by atoms with Gasteiger partial charge in [0.2, 0.25) is 0 Å². The summed E-state index contributed by atoms with van der Waals surface area (Å²) in [7, 11) is 0. The molecule has 0 spiro atoms. The van der Waals surface area contributed by atoms with Gasteiger partial charge in [-0.15, -0.1) is 0 Å². The molecule has 0 aliphatic heterocycles. The number of ether oxygens (including phenoxy) is 1. The Bertz CT molecular complexity index is 608. The van der Waals surface area contributed by atoms with Gasteiger partial charge in [0.25, 0.3) is 0 Å². The van der Waals surface area contributed by atoms with E-state index >= 15 is 0 Å². The minimum atomic E-state index is -0.496. The summed E-state index contributed by atoms with van der Waals surface area (Å²) in [5, 5.41) is 1.01. The molecule has 0 atom stereocenters. The normalized spacial score (nSPS) is 11.8. The molecular formula is C14H16BrNO2. The number of hydrogen-bond donors (Lipinski definition) is 0. The Balaban J connectivity index is 2.51. The Morgan fingerprint density at radius 3 is 2.61 bits per heavy atom. The minimum absolute atomic E-state index is 0.358. The van der Waals surface area contributed by atoms with Crippen molar-refractivity contribution in [1.82, 2.24) is 4.57 Å². The Morgan fingerprint density at radius 1 is 1.33 bits per heavy atom. The summed E-state index contributed by atoms with van der Waals surface area (Å²) in [5.41, 5.74) is 1.47. The van der Waals surface area contributed by atoms with E-state index in [2.05, 4.69) is 15.9 Å². The van der Waals surface area contributed by atoms with Crippen LogP contribution < -0.4 is 0 Å². The number of aromatic nitrogens is 1. The smallest absolute Gasteiger partial charge is 0.419 e. The molecule has 2 aromatic rings. The third kappa shape index (κ3) is 2.58. The molecule has 0 unspecified atom stereocenters. The molecule has 1 aromatic carbocycles. The van der Waals surface area contributed by atoms with E-state index in [-0.39, 0.29) is 6.09 Å². The molecule has 0 radical (unpaired) electrons. The minimum Gasteiger partial charge on any atom is -0.443 e. The second-order valence-electron chi connectivity index (χ2n) is 5.35. The number of rotatable bonds is 0. The number of fused-ring (bicyclic) bond motifs is 1. The monoisotopic (exact) mass is 309 g/mol. The van der Waals surface area contributed by atoms with Gasteiger partial charge in [0.1, 0.15) is 5.60 Å². The number of aryl methyl sites for hydroxylation is 1. The third-order valence-corrected chi connectivity index (χ3v) is 3.13. The molecule has 3 nitrogen and oxygen atoms in total. The van der Waals surface area contributed by atoms with Crippen LogP contribution in [0, 0.1) is 6.92 Å². The van der Waals surface area contributed by atoms with E-state index in [1.807, 2.05) is 45.9 Å². The molecule has 0 saturated carbocycles. The van der Waals surface area contributed by atoms with E-state index in [1.54, 1.807) is 6.20 Å². The van der Waals surface area contributed by atoms with Gasteiger partial charge in [-0.3, -0.25) is 4.57 Å². The molecule has 0 bridgehead atoms. The van der Waals surface area contributed by atoms with Crippen molar-refractivity contribution < 1.29 is 9.53 Å². The standard InChI is InChI=1S/C14H16BrNO2/c1-9-5-6-10-11(15)8-16(12(10)7-9)13(17)18-14(2,3)4/h5-8H,1-4H3. The van der Waals surface area contributed by atoms with Crippen molar-refractivity contribution >= 4 is 32.9 Å². The fourth-order valence-electron chi connectivity index (χ4n) is 1.76. The van der Waals surface area contributed by atoms with Crippen molar-refractivity contribution in [2.24, 2.45) is 0 Å². The molecule has 1 heterocycles. The van der Waals surface area contributed by atoms with Gasteiger partial charge in [0.15, 0.2) is 0 Å². The lowest BCUT2D eigenvalue weighted by Gasteiger charge is -2.19. The molecule has 4 heteroatoms. The topological polar surface area (TPSA) is 31.2 Å². The lowest BCUT2D eigenvalue weighted by Crippen LogP contribution is -2.26. The van der Waals surface area contributed by atoms with E-state index in [9.17, 15) is 4.79 Å². The second kappa shape index (κ2) is 4.43. The Kier molecular flexibility index (Phi) is 3.23. The molecule has 18 heavy (non-hydrogen) atoms. The van der Waals surface area contributed by atoms with Gasteiger partial charge in [-0.2, -0.15) is 0 Å². The summed E-state index contributed by atoms with van der Waals surface area (Å²) >= 11 is 3.46. The first-order valence-electron chi connectivity index (χ1n) is 5.78. The maximum Gasteiger partial charge on any atom is 0.419 e. The highest BCUT2D eigenvalue weighted by atomic mass is 79.9. The van der Waals surface area contributed by atoms with Crippen LogP contribution in [0.1, 0.15) is 26.3 Å². The van der Waals surface area contributed by atoms with Crippen LogP contribution in [-0.2, 0) is 4.74 Å². The van der Waals surface area contributed by atoms with Gasteiger partial charge in [-0.1, -0.05) is 12.1 Å². The van der Waals surface area contributed by atoms with Gasteiger partial charge < -0.3 is 4.74 Å². The Hall–Kier alpha value is -1.29. The van der Waals surface area contributed by atoms with Crippen LogP contribution in [0.2, 0.25) is 0 Å². The summed E-state index contributed by atoms with van der Waals surface area (Å²) in [4.78, 5) is 12.1. The van der Waals surface area contributed by atoms with Crippen LogP contribution in [0.4, 0.5) is 4.79 Å². The zero-order chi connectivity index (χ0) is 13.5. The number of nitrogens with zero attached hydrogens (tertiary/aromatic N) is 1. The fourth-order valence-corrected chi connectivity index (χ4v) is 2.30. The average Bonchev–Trinajstić information content (AvgIpc) is 2.53. The number of carbonyl (C=O) groups excluding carboxylic acids is 1. The summed E-state index contributed by atoms with van der Waals surface area (Å²) < 4.78 is 7.82. The van der Waals surface area contributed by atoms with E-state index in [1.165, 1.54) is 4.57 Å². The van der Waals surface area contributed by atoms with Crippen LogP contribution in [0.15, 0.2) is 28.9 Å². The van der Waals surface area contributed by atoms with E-state index in [0.717, 1.165) is 20.9 Å². The average molecular weight is 310 g/mol. The number of carbonyl (C=O) groups is 1. The molecule has 0 aliphatic rings. The van der Waals surface area contributed by atoms with Crippen molar-refractivity contribution in [3.8, 4) is 0 Å². The zero-order valence-electron chi connectivity index (χ0n) is 11.0. The highest BCUT2D eigenvalue weighted by Crippen LogP contribution is 2.27. The molecule has 2 rings (SSSR count). The highest BCUT2D eigenvalue weighted by Gasteiger charge is 2.20. The van der Waals surface area contributed by atoms with Crippen LogP contribution in [0.25, 0.3) is 10.9 Å². The molecule has 0 aliphatic carbocycles. The van der Waals surface area contributed by atoms with E-state index < -0.39 is 5.60 Å². The highest BCUT2D eigenvalue weighted by molar-refractivity contribution is 9.10. The molecule has 1 aromatic heterocycles. The van der Waals surface area contributed by atoms with Crippen LogP contribution in [0.5, 0.6) is 0 Å². The van der Waals surface area contributed by atoms with Gasteiger partial charge >= 0.3 is 6.09 Å². The predicted molar refractivity (Wildman–Crippen MR) is 76.0 cm³/mol. The molecule has 0 saturated heterocycles. The molecule has 0 N–H and O–H groups in total. The Morgan fingerprint density at radius 2 is 2.00 bits per heavy atom. The van der Waals surface area contributed by atoms with Crippen molar-refractivity contribution in [3.05, 3.63) is 34.4 Å². The van der Waals surface area contributed by atoms with Gasteiger partial charge in [0, 0.05) is 16.1 Å². The summed E-state index contributed by atoms with van der Waals surface area (Å²) in [6, 6.07) is 5.99. The number of benzene rings is 1. The number of hydrogen-bond acceptors (Lipinski definition) is 2. The summed E-state index contributed by atoms with van der Waals surface area (Å²) in [6.45, 7) is 7.57. The quantitative estimate of drug-likeness (QED) is 0.717. The third-order valence-electron chi connectivity index (χ3n) is 2.50. The second-order valence-corrected chi connectivity index (χ2v) is 6.20. The fraction of sp³-hybridized carbons (Fsp3) is 0.357.